The van der Waals surface area contributed by atoms with Crippen LogP contribution in [0.3, 0.4) is 0 Å². The zero-order valence-corrected chi connectivity index (χ0v) is 13.4. The molecule has 0 amide bonds. The molecule has 2 aliphatic carbocycles. The average Bonchev–Trinajstić information content (AvgIpc) is 2.37. The molecule has 0 aromatic heterocycles. The van der Waals surface area contributed by atoms with Crippen LogP contribution >= 0.6 is 0 Å². The predicted octanol–water partition coefficient (Wildman–Crippen LogP) is 4.23. The van der Waals surface area contributed by atoms with E-state index >= 15 is 0 Å². The van der Waals surface area contributed by atoms with Crippen molar-refractivity contribution in [1.82, 2.24) is 0 Å². The Bertz CT molecular complexity index is 465. The quantitative estimate of drug-likeness (QED) is 0.850. The van der Waals surface area contributed by atoms with Gasteiger partial charge in [0.25, 0.3) is 0 Å². The van der Waals surface area contributed by atoms with Crippen molar-refractivity contribution in [2.75, 3.05) is 11.9 Å². The summed E-state index contributed by atoms with van der Waals surface area (Å²) in [4.78, 5) is 0. The van der Waals surface area contributed by atoms with Gasteiger partial charge in [-0.15, -0.1) is 0 Å². The van der Waals surface area contributed by atoms with Gasteiger partial charge < -0.3 is 14.8 Å². The molecule has 2 fully saturated rings. The summed E-state index contributed by atoms with van der Waals surface area (Å²) in [7, 11) is 0. The molecule has 0 heterocycles. The van der Waals surface area contributed by atoms with E-state index in [0.717, 1.165) is 18.8 Å². The summed E-state index contributed by atoms with van der Waals surface area (Å²) in [5.41, 5.74) is 1.60. The summed E-state index contributed by atoms with van der Waals surface area (Å²) >= 11 is 0. The molecule has 3 heteroatoms. The van der Waals surface area contributed by atoms with Gasteiger partial charge in [0.05, 0.1) is 12.2 Å². The molecule has 2 unspecified atom stereocenters. The van der Waals surface area contributed by atoms with E-state index in [-0.39, 0.29) is 6.10 Å². The van der Waals surface area contributed by atoms with Crippen LogP contribution in [0, 0.1) is 5.41 Å². The number of rotatable bonds is 6. The fourth-order valence-electron chi connectivity index (χ4n) is 3.74. The Kier molecular flexibility index (Phi) is 4.12. The highest BCUT2D eigenvalue weighted by atomic mass is 16.5. The first-order valence-electron chi connectivity index (χ1n) is 8.29. The molecular formula is C18H27NO2. The molecule has 2 aliphatic rings. The molecule has 2 saturated carbocycles. The van der Waals surface area contributed by atoms with Crippen LogP contribution in [0.4, 0.5) is 5.69 Å². The van der Waals surface area contributed by atoms with Gasteiger partial charge in [0, 0.05) is 23.8 Å². The summed E-state index contributed by atoms with van der Waals surface area (Å²) in [6, 6.07) is 8.92. The Labute approximate surface area is 128 Å². The number of hydrogen-bond acceptors (Lipinski definition) is 3. The van der Waals surface area contributed by atoms with E-state index in [1.807, 2.05) is 0 Å². The minimum atomic E-state index is 0.223. The zero-order chi connectivity index (χ0) is 14.9. The van der Waals surface area contributed by atoms with Crippen molar-refractivity contribution in [1.29, 1.82) is 0 Å². The first-order valence-corrected chi connectivity index (χ1v) is 8.29. The summed E-state index contributed by atoms with van der Waals surface area (Å²) in [5.74, 6) is 0.940. The summed E-state index contributed by atoms with van der Waals surface area (Å²) < 4.78 is 11.6. The van der Waals surface area contributed by atoms with Crippen LogP contribution in [0.25, 0.3) is 0 Å². The van der Waals surface area contributed by atoms with E-state index in [0.29, 0.717) is 17.6 Å². The highest BCUT2D eigenvalue weighted by Gasteiger charge is 2.58. The van der Waals surface area contributed by atoms with Gasteiger partial charge in [0.15, 0.2) is 0 Å². The molecule has 21 heavy (non-hydrogen) atoms. The lowest BCUT2D eigenvalue weighted by Crippen LogP contribution is -2.64. The molecule has 116 valence electrons. The lowest BCUT2D eigenvalue weighted by atomic mass is 9.51. The first kappa shape index (κ1) is 14.7. The second-order valence-corrected chi connectivity index (χ2v) is 6.65. The van der Waals surface area contributed by atoms with Crippen LogP contribution in [-0.2, 0) is 4.74 Å². The highest BCUT2D eigenvalue weighted by Crippen LogP contribution is 2.58. The summed E-state index contributed by atoms with van der Waals surface area (Å²) in [5, 5.41) is 3.70. The monoisotopic (exact) mass is 289 g/mol. The van der Waals surface area contributed by atoms with Gasteiger partial charge in [0.2, 0.25) is 0 Å². The molecule has 0 saturated heterocycles. The van der Waals surface area contributed by atoms with E-state index in [4.69, 9.17) is 9.47 Å². The normalized spacial score (nSPS) is 26.3. The number of hydrogen-bond donors (Lipinski definition) is 1. The van der Waals surface area contributed by atoms with Gasteiger partial charge in [-0.2, -0.15) is 0 Å². The molecule has 0 aliphatic heterocycles. The van der Waals surface area contributed by atoms with Crippen LogP contribution in [0.1, 0.15) is 46.5 Å². The van der Waals surface area contributed by atoms with E-state index in [2.05, 4.69) is 50.4 Å². The van der Waals surface area contributed by atoms with Crippen LogP contribution in [-0.4, -0.2) is 24.9 Å². The number of ether oxygens (including phenoxy) is 2. The third kappa shape index (κ3) is 2.76. The Morgan fingerprint density at radius 2 is 1.95 bits per heavy atom. The lowest BCUT2D eigenvalue weighted by molar-refractivity contribution is -0.157. The SMILES string of the molecule is CCOC1CC(Nc2ccc(OC(C)C)cc2)C12CCC2. The topological polar surface area (TPSA) is 30.5 Å². The van der Waals surface area contributed by atoms with Crippen molar-refractivity contribution in [3.05, 3.63) is 24.3 Å². The molecule has 1 N–H and O–H groups in total. The van der Waals surface area contributed by atoms with E-state index in [1.165, 1.54) is 24.9 Å². The third-order valence-electron chi connectivity index (χ3n) is 5.00. The molecule has 1 aromatic carbocycles. The van der Waals surface area contributed by atoms with Crippen molar-refractivity contribution in [2.45, 2.75) is 64.7 Å². The van der Waals surface area contributed by atoms with Crippen molar-refractivity contribution >= 4 is 5.69 Å². The maximum atomic E-state index is 5.91. The van der Waals surface area contributed by atoms with Crippen molar-refractivity contribution in [3.8, 4) is 5.75 Å². The van der Waals surface area contributed by atoms with Crippen LogP contribution in [0.15, 0.2) is 24.3 Å². The molecule has 1 spiro atoms. The van der Waals surface area contributed by atoms with Gasteiger partial charge in [-0.3, -0.25) is 0 Å². The summed E-state index contributed by atoms with van der Waals surface area (Å²) in [6.07, 6.45) is 5.80. The van der Waals surface area contributed by atoms with Gasteiger partial charge in [-0.25, -0.2) is 0 Å². The van der Waals surface area contributed by atoms with Crippen molar-refractivity contribution in [2.24, 2.45) is 5.41 Å². The smallest absolute Gasteiger partial charge is 0.119 e. The lowest BCUT2D eigenvalue weighted by Gasteiger charge is -2.61. The molecule has 3 nitrogen and oxygen atoms in total. The highest BCUT2D eigenvalue weighted by molar-refractivity contribution is 5.48. The van der Waals surface area contributed by atoms with Gasteiger partial charge in [-0.05, 0) is 64.3 Å². The van der Waals surface area contributed by atoms with Crippen LogP contribution in [0.5, 0.6) is 5.75 Å². The van der Waals surface area contributed by atoms with E-state index in [9.17, 15) is 0 Å². The van der Waals surface area contributed by atoms with E-state index in [1.54, 1.807) is 0 Å². The zero-order valence-electron chi connectivity index (χ0n) is 13.4. The third-order valence-corrected chi connectivity index (χ3v) is 5.00. The fourth-order valence-corrected chi connectivity index (χ4v) is 3.74. The predicted molar refractivity (Wildman–Crippen MR) is 85.9 cm³/mol. The molecule has 0 radical (unpaired) electrons. The second kappa shape index (κ2) is 5.88. The van der Waals surface area contributed by atoms with Crippen LogP contribution < -0.4 is 10.1 Å². The van der Waals surface area contributed by atoms with Crippen molar-refractivity contribution < 1.29 is 9.47 Å². The summed E-state index contributed by atoms with van der Waals surface area (Å²) in [6.45, 7) is 7.03. The Morgan fingerprint density at radius 3 is 2.48 bits per heavy atom. The number of benzene rings is 1. The maximum Gasteiger partial charge on any atom is 0.119 e. The fraction of sp³-hybridized carbons (Fsp3) is 0.667. The molecular weight excluding hydrogens is 262 g/mol. The van der Waals surface area contributed by atoms with Crippen LogP contribution in [0.2, 0.25) is 0 Å². The Hall–Kier alpha value is -1.22. The van der Waals surface area contributed by atoms with Crippen molar-refractivity contribution in [3.63, 3.8) is 0 Å². The number of nitrogens with one attached hydrogen (secondary N) is 1. The standard InChI is InChI=1S/C18H27NO2/c1-4-20-17-12-16(18(17)10-5-11-18)19-14-6-8-15(9-7-14)21-13(2)3/h6-9,13,16-17,19H,4-5,10-12H2,1-3H3. The van der Waals surface area contributed by atoms with Gasteiger partial charge >= 0.3 is 0 Å². The largest absolute Gasteiger partial charge is 0.491 e. The average molecular weight is 289 g/mol. The molecule has 2 atom stereocenters. The molecule has 0 bridgehead atoms. The second-order valence-electron chi connectivity index (χ2n) is 6.65. The number of anilines is 1. The Balaban J connectivity index is 1.60. The Morgan fingerprint density at radius 1 is 1.24 bits per heavy atom. The van der Waals surface area contributed by atoms with Gasteiger partial charge in [0.1, 0.15) is 5.75 Å². The minimum absolute atomic E-state index is 0.223. The molecule has 3 rings (SSSR count). The minimum Gasteiger partial charge on any atom is -0.491 e. The maximum absolute atomic E-state index is 5.91. The van der Waals surface area contributed by atoms with Gasteiger partial charge in [-0.1, -0.05) is 6.42 Å². The van der Waals surface area contributed by atoms with E-state index < -0.39 is 0 Å². The molecule has 1 aromatic rings. The first-order chi connectivity index (χ1) is 10.1.